The molecule has 2 aliphatic heterocycles. The topological polar surface area (TPSA) is 47.9 Å². The maximum Gasteiger partial charge on any atom is 0.186 e. The third-order valence-electron chi connectivity index (χ3n) is 4.38. The summed E-state index contributed by atoms with van der Waals surface area (Å²) in [7, 11) is 0. The number of benzene rings is 2. The second-order valence-corrected chi connectivity index (χ2v) is 5.77. The summed E-state index contributed by atoms with van der Waals surface area (Å²) in [5.74, 6) is 0.764. The Balaban J connectivity index is 1.76. The van der Waals surface area contributed by atoms with Gasteiger partial charge in [0.1, 0.15) is 24.1 Å². The van der Waals surface area contributed by atoms with Crippen LogP contribution in [0.2, 0.25) is 0 Å². The Morgan fingerprint density at radius 2 is 1.64 bits per heavy atom. The fourth-order valence-electron chi connectivity index (χ4n) is 3.31. The molecule has 2 fully saturated rings. The van der Waals surface area contributed by atoms with Crippen molar-refractivity contribution in [1.29, 1.82) is 0 Å². The van der Waals surface area contributed by atoms with Crippen molar-refractivity contribution in [3.05, 3.63) is 66.2 Å². The lowest BCUT2D eigenvalue weighted by Gasteiger charge is -2.33. The number of hydrogen-bond donors (Lipinski definition) is 1. The SMILES string of the molecule is O[C@@H]1CO[C@H]2[C@@H]1OC[C@@]2(Oc1ccccc1)c1ccccc1. The van der Waals surface area contributed by atoms with Gasteiger partial charge in [-0.1, -0.05) is 48.5 Å². The molecule has 2 aliphatic rings. The first kappa shape index (κ1) is 13.8. The molecule has 0 amide bonds. The summed E-state index contributed by atoms with van der Waals surface area (Å²) in [5, 5.41) is 10.0. The molecule has 4 heteroatoms. The molecule has 2 saturated heterocycles. The molecular weight excluding hydrogens is 280 g/mol. The smallest absolute Gasteiger partial charge is 0.186 e. The second kappa shape index (κ2) is 5.39. The molecule has 2 aromatic carbocycles. The average molecular weight is 298 g/mol. The zero-order valence-corrected chi connectivity index (χ0v) is 12.1. The first-order valence-electron chi connectivity index (χ1n) is 7.50. The number of para-hydroxylation sites is 1. The second-order valence-electron chi connectivity index (χ2n) is 5.77. The van der Waals surface area contributed by atoms with Crippen molar-refractivity contribution in [2.45, 2.75) is 23.9 Å². The van der Waals surface area contributed by atoms with Crippen molar-refractivity contribution in [2.24, 2.45) is 0 Å². The minimum atomic E-state index is -0.731. The Kier molecular flexibility index (Phi) is 3.37. The molecule has 0 bridgehead atoms. The van der Waals surface area contributed by atoms with Crippen LogP contribution in [0.15, 0.2) is 60.7 Å². The summed E-state index contributed by atoms with van der Waals surface area (Å²) >= 11 is 0. The maximum atomic E-state index is 10.0. The van der Waals surface area contributed by atoms with Crippen LogP contribution in [0.25, 0.3) is 0 Å². The van der Waals surface area contributed by atoms with Crippen LogP contribution in [-0.4, -0.2) is 36.6 Å². The van der Waals surface area contributed by atoms with E-state index in [1.54, 1.807) is 0 Å². The Morgan fingerprint density at radius 1 is 0.955 bits per heavy atom. The largest absolute Gasteiger partial charge is 0.477 e. The van der Waals surface area contributed by atoms with Gasteiger partial charge in [-0.25, -0.2) is 0 Å². The highest BCUT2D eigenvalue weighted by molar-refractivity contribution is 5.32. The predicted molar refractivity (Wildman–Crippen MR) is 80.7 cm³/mol. The summed E-state index contributed by atoms with van der Waals surface area (Å²) in [6, 6.07) is 19.6. The number of fused-ring (bicyclic) bond motifs is 1. The van der Waals surface area contributed by atoms with Crippen LogP contribution in [0, 0.1) is 0 Å². The average Bonchev–Trinajstić information content (AvgIpc) is 3.12. The number of hydrogen-bond acceptors (Lipinski definition) is 4. The number of ether oxygens (including phenoxy) is 3. The minimum Gasteiger partial charge on any atom is -0.477 e. The van der Waals surface area contributed by atoms with Crippen LogP contribution in [0.4, 0.5) is 0 Å². The van der Waals surface area contributed by atoms with Gasteiger partial charge in [-0.05, 0) is 12.1 Å². The Bertz CT molecular complexity index is 630. The van der Waals surface area contributed by atoms with Crippen LogP contribution < -0.4 is 4.74 Å². The van der Waals surface area contributed by atoms with Gasteiger partial charge in [-0.3, -0.25) is 0 Å². The normalized spacial score (nSPS) is 33.6. The van der Waals surface area contributed by atoms with Crippen molar-refractivity contribution < 1.29 is 19.3 Å². The molecule has 2 aromatic rings. The molecule has 0 radical (unpaired) electrons. The van der Waals surface area contributed by atoms with Gasteiger partial charge in [0.05, 0.1) is 13.2 Å². The molecule has 0 aliphatic carbocycles. The van der Waals surface area contributed by atoms with Gasteiger partial charge in [0.15, 0.2) is 5.60 Å². The number of rotatable bonds is 3. The maximum absolute atomic E-state index is 10.0. The van der Waals surface area contributed by atoms with Crippen molar-refractivity contribution in [3.8, 4) is 5.75 Å². The Morgan fingerprint density at radius 3 is 2.36 bits per heavy atom. The molecule has 114 valence electrons. The molecule has 0 aromatic heterocycles. The standard InChI is InChI=1S/C18H18O4/c19-15-11-20-17-16(15)21-12-18(17,13-7-3-1-4-8-13)22-14-9-5-2-6-10-14/h1-10,15-17,19H,11-12H2/t15-,16-,17+,18-/m1/s1. The van der Waals surface area contributed by atoms with Gasteiger partial charge in [0, 0.05) is 5.56 Å². The molecule has 4 nitrogen and oxygen atoms in total. The summed E-state index contributed by atoms with van der Waals surface area (Å²) < 4.78 is 18.0. The zero-order chi connectivity index (χ0) is 15.0. The minimum absolute atomic E-state index is 0.280. The number of aliphatic hydroxyl groups is 1. The van der Waals surface area contributed by atoms with Crippen LogP contribution in [0.1, 0.15) is 5.56 Å². The van der Waals surface area contributed by atoms with Gasteiger partial charge in [0.25, 0.3) is 0 Å². The molecule has 0 spiro atoms. The molecule has 0 unspecified atom stereocenters. The number of aliphatic hydroxyl groups excluding tert-OH is 1. The summed E-state index contributed by atoms with van der Waals surface area (Å²) in [5.41, 5.74) is 0.269. The lowest BCUT2D eigenvalue weighted by atomic mass is 9.87. The molecular formula is C18H18O4. The highest BCUT2D eigenvalue weighted by atomic mass is 16.6. The van der Waals surface area contributed by atoms with Gasteiger partial charge in [-0.15, -0.1) is 0 Å². The summed E-state index contributed by atoms with van der Waals surface area (Å²) in [4.78, 5) is 0. The van der Waals surface area contributed by atoms with E-state index in [-0.39, 0.29) is 18.8 Å². The van der Waals surface area contributed by atoms with Gasteiger partial charge in [-0.2, -0.15) is 0 Å². The van der Waals surface area contributed by atoms with Crippen molar-refractivity contribution >= 4 is 0 Å². The lowest BCUT2D eigenvalue weighted by molar-refractivity contribution is -0.0561. The van der Waals surface area contributed by atoms with E-state index in [9.17, 15) is 5.11 Å². The Labute approximate surface area is 129 Å². The van der Waals surface area contributed by atoms with Gasteiger partial charge < -0.3 is 19.3 Å². The first-order valence-corrected chi connectivity index (χ1v) is 7.50. The van der Waals surface area contributed by atoms with E-state index in [1.807, 2.05) is 60.7 Å². The monoisotopic (exact) mass is 298 g/mol. The van der Waals surface area contributed by atoms with E-state index in [0.717, 1.165) is 11.3 Å². The van der Waals surface area contributed by atoms with E-state index in [0.29, 0.717) is 6.61 Å². The third-order valence-corrected chi connectivity index (χ3v) is 4.38. The summed E-state index contributed by atoms with van der Waals surface area (Å²) in [6.45, 7) is 0.639. The van der Waals surface area contributed by atoms with E-state index < -0.39 is 11.7 Å². The summed E-state index contributed by atoms with van der Waals surface area (Å²) in [6.07, 6.45) is -1.26. The molecule has 2 heterocycles. The lowest BCUT2D eigenvalue weighted by Crippen LogP contribution is -2.46. The van der Waals surface area contributed by atoms with Crippen molar-refractivity contribution in [1.82, 2.24) is 0 Å². The highest BCUT2D eigenvalue weighted by Crippen LogP contribution is 2.44. The molecule has 22 heavy (non-hydrogen) atoms. The highest BCUT2D eigenvalue weighted by Gasteiger charge is 2.59. The van der Waals surface area contributed by atoms with E-state index >= 15 is 0 Å². The van der Waals surface area contributed by atoms with Crippen LogP contribution in [-0.2, 0) is 15.1 Å². The van der Waals surface area contributed by atoms with Crippen molar-refractivity contribution in [3.63, 3.8) is 0 Å². The quantitative estimate of drug-likeness (QED) is 0.943. The van der Waals surface area contributed by atoms with Crippen LogP contribution >= 0.6 is 0 Å². The van der Waals surface area contributed by atoms with E-state index in [1.165, 1.54) is 0 Å². The third kappa shape index (κ3) is 2.11. The predicted octanol–water partition coefficient (Wildman–Crippen LogP) is 2.12. The molecule has 1 N–H and O–H groups in total. The molecule has 0 saturated carbocycles. The van der Waals surface area contributed by atoms with Gasteiger partial charge >= 0.3 is 0 Å². The molecule has 4 atom stereocenters. The fourth-order valence-corrected chi connectivity index (χ4v) is 3.31. The fraction of sp³-hybridized carbons (Fsp3) is 0.333. The van der Waals surface area contributed by atoms with Crippen LogP contribution in [0.3, 0.4) is 0 Å². The van der Waals surface area contributed by atoms with E-state index in [4.69, 9.17) is 14.2 Å². The molecule has 4 rings (SSSR count). The van der Waals surface area contributed by atoms with Gasteiger partial charge in [0.2, 0.25) is 0 Å². The zero-order valence-electron chi connectivity index (χ0n) is 12.1. The van der Waals surface area contributed by atoms with E-state index in [2.05, 4.69) is 0 Å². The Hall–Kier alpha value is -1.88. The first-order chi connectivity index (χ1) is 10.8. The van der Waals surface area contributed by atoms with Crippen molar-refractivity contribution in [2.75, 3.05) is 13.2 Å². The van der Waals surface area contributed by atoms with Crippen LogP contribution in [0.5, 0.6) is 5.75 Å².